The van der Waals surface area contributed by atoms with Gasteiger partial charge >= 0.3 is 6.09 Å². The summed E-state index contributed by atoms with van der Waals surface area (Å²) in [5.74, 6) is 0.721. The van der Waals surface area contributed by atoms with E-state index in [0.717, 1.165) is 11.0 Å². The van der Waals surface area contributed by atoms with Crippen molar-refractivity contribution in [1.29, 1.82) is 0 Å². The molecule has 12 nitrogen and oxygen atoms in total. The van der Waals surface area contributed by atoms with Gasteiger partial charge in [0.2, 0.25) is 5.91 Å². The molecule has 0 aliphatic carbocycles. The van der Waals surface area contributed by atoms with Crippen molar-refractivity contribution in [2.45, 2.75) is 45.2 Å². The maximum atomic E-state index is 14.0. The number of pyridine rings is 1. The van der Waals surface area contributed by atoms with E-state index in [4.69, 9.17) is 9.72 Å². The van der Waals surface area contributed by atoms with Crippen LogP contribution in [0.5, 0.6) is 5.75 Å². The highest BCUT2D eigenvalue weighted by Crippen LogP contribution is 2.27. The number of benzene rings is 2. The van der Waals surface area contributed by atoms with Crippen LogP contribution in [-0.2, 0) is 29.6 Å². The number of amides is 3. The number of carbonyl (C=O) groups excluding carboxylic acids is 2. The highest BCUT2D eigenvalue weighted by Gasteiger charge is 2.40. The molecule has 2 heterocycles. The third-order valence-electron chi connectivity index (χ3n) is 7.67. The summed E-state index contributed by atoms with van der Waals surface area (Å²) in [6, 6.07) is 17.8. The standard InChI is InChI=1S/C35H42N6O6/c1-24(2)23-47-28-17-11-15-26-31(28)40(5)29(36-26)22-41-20-12-16-27(32(41)43)37-33(44)35(38-34(45)46,21-25-13-7-6-8-14-25)19-10-9-18-30(42)39(3)4/h6-9,11-18,20,24,38H,10,19,21-23H2,1-5H3,(H,37,44)(H,45,46)/b18-9+. The van der Waals surface area contributed by atoms with Crippen molar-refractivity contribution in [3.63, 3.8) is 0 Å². The van der Waals surface area contributed by atoms with Gasteiger partial charge in [-0.2, -0.15) is 0 Å². The Kier molecular flexibility index (Phi) is 11.2. The molecular weight excluding hydrogens is 600 g/mol. The average molecular weight is 643 g/mol. The first-order chi connectivity index (χ1) is 22.4. The van der Waals surface area contributed by atoms with Crippen molar-refractivity contribution in [3.05, 3.63) is 101 Å². The third kappa shape index (κ3) is 8.66. The molecule has 4 aromatic rings. The summed E-state index contributed by atoms with van der Waals surface area (Å²) in [6.45, 7) is 4.81. The Bertz CT molecular complexity index is 1810. The van der Waals surface area contributed by atoms with E-state index in [1.54, 1.807) is 56.7 Å². The van der Waals surface area contributed by atoms with E-state index in [1.807, 2.05) is 35.9 Å². The number of likely N-dealkylation sites (N-methyl/N-ethyl adjacent to an activating group) is 1. The van der Waals surface area contributed by atoms with Gasteiger partial charge in [-0.1, -0.05) is 56.3 Å². The van der Waals surface area contributed by atoms with Crippen LogP contribution in [0.25, 0.3) is 11.0 Å². The van der Waals surface area contributed by atoms with E-state index in [-0.39, 0.29) is 37.4 Å². The molecule has 2 aromatic carbocycles. The summed E-state index contributed by atoms with van der Waals surface area (Å²) in [7, 11) is 5.10. The molecule has 3 amide bonds. The number of anilines is 1. The van der Waals surface area contributed by atoms with E-state index < -0.39 is 23.1 Å². The minimum atomic E-state index is -1.66. The zero-order chi connectivity index (χ0) is 34.1. The molecule has 0 spiro atoms. The number of hydrogen-bond acceptors (Lipinski definition) is 6. The fraction of sp³-hybridized carbons (Fsp3) is 0.343. The molecule has 3 N–H and O–H groups in total. The van der Waals surface area contributed by atoms with Crippen LogP contribution in [0.4, 0.5) is 10.5 Å². The molecule has 4 rings (SSSR count). The molecule has 0 fully saturated rings. The second kappa shape index (κ2) is 15.3. The molecule has 0 bridgehead atoms. The van der Waals surface area contributed by atoms with Crippen molar-refractivity contribution in [1.82, 2.24) is 24.3 Å². The zero-order valence-electron chi connectivity index (χ0n) is 27.4. The number of para-hydroxylation sites is 1. The molecule has 1 unspecified atom stereocenters. The van der Waals surface area contributed by atoms with Gasteiger partial charge in [0.15, 0.2) is 0 Å². The smallest absolute Gasteiger partial charge is 0.405 e. The fourth-order valence-corrected chi connectivity index (χ4v) is 5.20. The first kappa shape index (κ1) is 34.5. The summed E-state index contributed by atoms with van der Waals surface area (Å²) < 4.78 is 9.35. The van der Waals surface area contributed by atoms with Crippen molar-refractivity contribution in [3.8, 4) is 5.75 Å². The summed E-state index contributed by atoms with van der Waals surface area (Å²) in [5.41, 5.74) is 0.106. The molecule has 0 radical (unpaired) electrons. The SMILES string of the molecule is CC(C)COc1cccc2nc(Cn3cccc(NC(=O)C(CC/C=C/C(=O)N(C)C)(Cc4ccccc4)NC(=O)O)c3=O)n(C)c12. The molecular formula is C35H42N6O6. The number of fused-ring (bicyclic) bond motifs is 1. The number of carbonyl (C=O) groups is 3. The summed E-state index contributed by atoms with van der Waals surface area (Å²) in [5, 5.41) is 15.0. The maximum absolute atomic E-state index is 14.0. The van der Waals surface area contributed by atoms with Crippen LogP contribution >= 0.6 is 0 Å². The van der Waals surface area contributed by atoms with Gasteiger partial charge in [-0.15, -0.1) is 0 Å². The first-order valence-electron chi connectivity index (χ1n) is 15.4. The lowest BCUT2D eigenvalue weighted by molar-refractivity contribution is -0.123. The topological polar surface area (TPSA) is 148 Å². The van der Waals surface area contributed by atoms with Crippen LogP contribution in [0.3, 0.4) is 0 Å². The normalized spacial score (nSPS) is 12.6. The Morgan fingerprint density at radius 3 is 2.49 bits per heavy atom. The second-order valence-corrected chi connectivity index (χ2v) is 12.1. The number of aromatic nitrogens is 3. The monoisotopic (exact) mass is 642 g/mol. The number of rotatable bonds is 14. The largest absolute Gasteiger partial charge is 0.491 e. The molecule has 1 atom stereocenters. The van der Waals surface area contributed by atoms with Crippen molar-refractivity contribution in [2.24, 2.45) is 13.0 Å². The number of hydrogen-bond donors (Lipinski definition) is 3. The van der Waals surface area contributed by atoms with Gasteiger partial charge in [0.1, 0.15) is 28.3 Å². The van der Waals surface area contributed by atoms with Crippen molar-refractivity contribution in [2.75, 3.05) is 26.0 Å². The van der Waals surface area contributed by atoms with Gasteiger partial charge in [0.05, 0.1) is 18.7 Å². The molecule has 0 saturated heterocycles. The van der Waals surface area contributed by atoms with Gasteiger partial charge in [0, 0.05) is 33.8 Å². The van der Waals surface area contributed by atoms with Crippen LogP contribution in [0.15, 0.2) is 83.8 Å². The number of nitrogens with zero attached hydrogens (tertiary/aromatic N) is 4. The predicted octanol–water partition coefficient (Wildman–Crippen LogP) is 4.43. The van der Waals surface area contributed by atoms with E-state index in [1.165, 1.54) is 21.6 Å². The van der Waals surface area contributed by atoms with Crippen LogP contribution in [0, 0.1) is 5.92 Å². The minimum Gasteiger partial charge on any atom is -0.491 e. The third-order valence-corrected chi connectivity index (χ3v) is 7.67. The zero-order valence-corrected chi connectivity index (χ0v) is 27.4. The van der Waals surface area contributed by atoms with Gasteiger partial charge in [-0.25, -0.2) is 9.78 Å². The number of nitrogens with one attached hydrogen (secondary N) is 2. The lowest BCUT2D eigenvalue weighted by atomic mass is 9.85. The van der Waals surface area contributed by atoms with Crippen LogP contribution in [0.1, 0.15) is 38.1 Å². The van der Waals surface area contributed by atoms with E-state index in [9.17, 15) is 24.3 Å². The molecule has 0 aliphatic rings. The lowest BCUT2D eigenvalue weighted by Gasteiger charge is -2.32. The Balaban J connectivity index is 1.64. The van der Waals surface area contributed by atoms with Crippen molar-refractivity contribution < 1.29 is 24.2 Å². The number of ether oxygens (including phenoxy) is 1. The molecule has 0 aliphatic heterocycles. The molecule has 12 heteroatoms. The number of carboxylic acid groups (broad SMARTS) is 1. The molecule has 47 heavy (non-hydrogen) atoms. The van der Waals surface area contributed by atoms with Crippen molar-refractivity contribution >= 4 is 34.6 Å². The number of allylic oxidation sites excluding steroid dienone is 1. The number of aryl methyl sites for hydroxylation is 1. The van der Waals surface area contributed by atoms with E-state index in [0.29, 0.717) is 29.7 Å². The van der Waals surface area contributed by atoms with E-state index in [2.05, 4.69) is 24.5 Å². The second-order valence-electron chi connectivity index (χ2n) is 12.1. The van der Waals surface area contributed by atoms with E-state index >= 15 is 0 Å². The Morgan fingerprint density at radius 2 is 1.81 bits per heavy atom. The van der Waals surface area contributed by atoms with Crippen LogP contribution in [-0.4, -0.2) is 68.3 Å². The quantitative estimate of drug-likeness (QED) is 0.172. The fourth-order valence-electron chi connectivity index (χ4n) is 5.20. The predicted molar refractivity (Wildman–Crippen MR) is 181 cm³/mol. The van der Waals surface area contributed by atoms with Crippen LogP contribution < -0.4 is 20.9 Å². The maximum Gasteiger partial charge on any atom is 0.405 e. The Hall–Kier alpha value is -5.39. The summed E-state index contributed by atoms with van der Waals surface area (Å²) >= 11 is 0. The number of imidazole rings is 1. The Morgan fingerprint density at radius 1 is 1.06 bits per heavy atom. The highest BCUT2D eigenvalue weighted by atomic mass is 16.5. The summed E-state index contributed by atoms with van der Waals surface area (Å²) in [4.78, 5) is 58.0. The average Bonchev–Trinajstić information content (AvgIpc) is 3.35. The van der Waals surface area contributed by atoms with Gasteiger partial charge in [0.25, 0.3) is 11.5 Å². The lowest BCUT2D eigenvalue weighted by Crippen LogP contribution is -2.58. The molecule has 0 saturated carbocycles. The first-order valence-corrected chi connectivity index (χ1v) is 15.4. The van der Waals surface area contributed by atoms with Gasteiger partial charge < -0.3 is 34.5 Å². The molecule has 2 aromatic heterocycles. The summed E-state index contributed by atoms with van der Waals surface area (Å²) in [6.07, 6.45) is 3.45. The highest BCUT2D eigenvalue weighted by molar-refractivity contribution is 6.00. The molecule has 248 valence electrons. The van der Waals surface area contributed by atoms with Gasteiger partial charge in [-0.05, 0) is 54.7 Å². The van der Waals surface area contributed by atoms with Gasteiger partial charge in [-0.3, -0.25) is 14.4 Å². The Labute approximate surface area is 273 Å². The minimum absolute atomic E-state index is 0.0137. The van der Waals surface area contributed by atoms with Crippen LogP contribution in [0.2, 0.25) is 0 Å².